The van der Waals surface area contributed by atoms with Crippen LogP contribution in [0.25, 0.3) is 0 Å². The quantitative estimate of drug-likeness (QED) is 0.929. The lowest BCUT2D eigenvalue weighted by Gasteiger charge is -2.36. The van der Waals surface area contributed by atoms with Gasteiger partial charge in [-0.15, -0.1) is 0 Å². The number of hydrogen-bond acceptors (Lipinski definition) is 3. The van der Waals surface area contributed by atoms with Crippen LogP contribution in [-0.2, 0) is 9.53 Å². The molecule has 6 heteroatoms. The Balaban J connectivity index is 2.13. The van der Waals surface area contributed by atoms with E-state index < -0.39 is 17.8 Å². The highest BCUT2D eigenvalue weighted by Crippen LogP contribution is 2.27. The minimum absolute atomic E-state index is 0.0495. The van der Waals surface area contributed by atoms with Gasteiger partial charge in [0, 0.05) is 13.1 Å². The molecule has 1 fully saturated rings. The molecule has 0 saturated carbocycles. The number of rotatable bonds is 4. The van der Waals surface area contributed by atoms with Gasteiger partial charge in [0.15, 0.2) is 0 Å². The van der Waals surface area contributed by atoms with Crippen LogP contribution in [-0.4, -0.2) is 41.7 Å². The molecular formula is C14H17ClFNO3. The molecule has 0 amide bonds. The lowest BCUT2D eigenvalue weighted by atomic mass is 10.1. The Morgan fingerprint density at radius 3 is 3.00 bits per heavy atom. The van der Waals surface area contributed by atoms with Gasteiger partial charge in [-0.05, 0) is 24.1 Å². The summed E-state index contributed by atoms with van der Waals surface area (Å²) in [5.74, 6) is -1.30. The number of hydrogen-bond donors (Lipinski definition) is 1. The maximum Gasteiger partial charge on any atom is 0.320 e. The summed E-state index contributed by atoms with van der Waals surface area (Å²) in [6.45, 7) is 3.34. The van der Waals surface area contributed by atoms with E-state index in [0.29, 0.717) is 26.1 Å². The highest BCUT2D eigenvalue weighted by Gasteiger charge is 2.30. The molecule has 2 unspecified atom stereocenters. The first-order valence-corrected chi connectivity index (χ1v) is 6.94. The normalized spacial score (nSPS) is 21.6. The number of benzene rings is 1. The van der Waals surface area contributed by atoms with Crippen LogP contribution >= 0.6 is 11.6 Å². The molecular weight excluding hydrogens is 285 g/mol. The summed E-state index contributed by atoms with van der Waals surface area (Å²) >= 11 is 5.77. The third kappa shape index (κ3) is 3.29. The maximum atomic E-state index is 13.2. The fourth-order valence-corrected chi connectivity index (χ4v) is 2.64. The Bertz CT molecular complexity index is 497. The summed E-state index contributed by atoms with van der Waals surface area (Å²) in [6, 6.07) is 3.94. The van der Waals surface area contributed by atoms with Crippen molar-refractivity contribution >= 4 is 17.6 Å². The molecule has 4 nitrogen and oxygen atoms in total. The van der Waals surface area contributed by atoms with E-state index in [1.807, 2.05) is 11.8 Å². The van der Waals surface area contributed by atoms with Crippen LogP contribution in [0.15, 0.2) is 18.2 Å². The van der Waals surface area contributed by atoms with Crippen molar-refractivity contribution in [3.05, 3.63) is 34.6 Å². The highest BCUT2D eigenvalue weighted by molar-refractivity contribution is 6.30. The van der Waals surface area contributed by atoms with Gasteiger partial charge in [0.05, 0.1) is 17.7 Å². The largest absolute Gasteiger partial charge is 0.480 e. The molecule has 1 aromatic rings. The van der Waals surface area contributed by atoms with E-state index in [0.717, 1.165) is 5.56 Å². The monoisotopic (exact) mass is 301 g/mol. The van der Waals surface area contributed by atoms with Crippen LogP contribution in [0.2, 0.25) is 5.02 Å². The fourth-order valence-electron chi connectivity index (χ4n) is 2.46. The second kappa shape index (κ2) is 6.52. The van der Waals surface area contributed by atoms with E-state index >= 15 is 0 Å². The van der Waals surface area contributed by atoms with Crippen LogP contribution in [0.5, 0.6) is 0 Å². The smallest absolute Gasteiger partial charge is 0.320 e. The van der Waals surface area contributed by atoms with Crippen molar-refractivity contribution in [2.45, 2.75) is 25.5 Å². The second-order valence-corrected chi connectivity index (χ2v) is 5.20. The minimum Gasteiger partial charge on any atom is -0.480 e. The van der Waals surface area contributed by atoms with Gasteiger partial charge in [0.2, 0.25) is 0 Å². The highest BCUT2D eigenvalue weighted by atomic mass is 35.5. The van der Waals surface area contributed by atoms with Gasteiger partial charge in [-0.1, -0.05) is 24.6 Å². The molecule has 1 N–H and O–H groups in total. The molecule has 1 heterocycles. The zero-order valence-electron chi connectivity index (χ0n) is 11.2. The summed E-state index contributed by atoms with van der Waals surface area (Å²) in [5.41, 5.74) is 0.765. The molecule has 0 radical (unpaired) electrons. The predicted molar refractivity (Wildman–Crippen MR) is 73.4 cm³/mol. The van der Waals surface area contributed by atoms with Crippen molar-refractivity contribution in [2.24, 2.45) is 0 Å². The van der Waals surface area contributed by atoms with Crippen molar-refractivity contribution in [3.63, 3.8) is 0 Å². The van der Waals surface area contributed by atoms with Crippen LogP contribution in [0.1, 0.15) is 25.0 Å². The van der Waals surface area contributed by atoms with Crippen LogP contribution in [0, 0.1) is 5.82 Å². The average molecular weight is 302 g/mol. The fraction of sp³-hybridized carbons (Fsp3) is 0.500. The molecule has 2 rings (SSSR count). The van der Waals surface area contributed by atoms with Crippen LogP contribution in [0.4, 0.5) is 4.39 Å². The van der Waals surface area contributed by atoms with Crippen molar-refractivity contribution < 1.29 is 19.0 Å². The Morgan fingerprint density at radius 1 is 1.65 bits per heavy atom. The summed E-state index contributed by atoms with van der Waals surface area (Å²) in [7, 11) is 0. The SMILES string of the molecule is CCC(C(=O)O)N1CCOC(c2ccc(F)c(Cl)c2)C1. The number of nitrogens with zero attached hydrogens (tertiary/aromatic N) is 1. The molecule has 0 spiro atoms. The second-order valence-electron chi connectivity index (χ2n) is 4.79. The molecule has 2 atom stereocenters. The third-order valence-electron chi connectivity index (χ3n) is 3.53. The molecule has 1 aliphatic heterocycles. The third-order valence-corrected chi connectivity index (χ3v) is 3.82. The Hall–Kier alpha value is -1.17. The number of ether oxygens (including phenoxy) is 1. The first kappa shape index (κ1) is 15.2. The minimum atomic E-state index is -0.828. The number of aliphatic carboxylic acids is 1. The first-order chi connectivity index (χ1) is 9.52. The number of carboxylic acid groups (broad SMARTS) is 1. The zero-order chi connectivity index (χ0) is 14.7. The topological polar surface area (TPSA) is 49.8 Å². The van der Waals surface area contributed by atoms with Gasteiger partial charge < -0.3 is 9.84 Å². The molecule has 1 aliphatic rings. The molecule has 20 heavy (non-hydrogen) atoms. The molecule has 1 saturated heterocycles. The van der Waals surface area contributed by atoms with Crippen molar-refractivity contribution in [3.8, 4) is 0 Å². The molecule has 0 aliphatic carbocycles. The Labute approximate surface area is 122 Å². The lowest BCUT2D eigenvalue weighted by molar-refractivity contribution is -0.147. The maximum absolute atomic E-state index is 13.2. The summed E-state index contributed by atoms with van der Waals surface area (Å²) < 4.78 is 18.8. The standard InChI is InChI=1S/C14H17ClFNO3/c1-2-12(14(18)19)17-5-6-20-13(8-17)9-3-4-11(16)10(15)7-9/h3-4,7,12-13H,2,5-6,8H2,1H3,(H,18,19). The van der Waals surface area contributed by atoms with E-state index in [4.69, 9.17) is 16.3 Å². The van der Waals surface area contributed by atoms with Gasteiger partial charge in [-0.25, -0.2) is 4.39 Å². The van der Waals surface area contributed by atoms with E-state index in [2.05, 4.69) is 0 Å². The van der Waals surface area contributed by atoms with E-state index in [1.165, 1.54) is 12.1 Å². The van der Waals surface area contributed by atoms with E-state index in [-0.39, 0.29) is 11.1 Å². The average Bonchev–Trinajstić information content (AvgIpc) is 2.42. The Kier molecular flexibility index (Phi) is 4.96. The lowest BCUT2D eigenvalue weighted by Crippen LogP contribution is -2.48. The predicted octanol–water partition coefficient (Wildman–Crippen LogP) is 2.72. The van der Waals surface area contributed by atoms with Gasteiger partial charge >= 0.3 is 5.97 Å². The summed E-state index contributed by atoms with van der Waals surface area (Å²) in [4.78, 5) is 13.1. The Morgan fingerprint density at radius 2 is 2.40 bits per heavy atom. The molecule has 0 bridgehead atoms. The van der Waals surface area contributed by atoms with E-state index in [1.54, 1.807) is 6.07 Å². The van der Waals surface area contributed by atoms with Gasteiger partial charge in [-0.2, -0.15) is 0 Å². The number of halogens is 2. The van der Waals surface area contributed by atoms with Gasteiger partial charge in [-0.3, -0.25) is 9.69 Å². The van der Waals surface area contributed by atoms with Crippen LogP contribution < -0.4 is 0 Å². The molecule has 110 valence electrons. The first-order valence-electron chi connectivity index (χ1n) is 6.56. The van der Waals surface area contributed by atoms with Crippen molar-refractivity contribution in [1.82, 2.24) is 4.90 Å². The van der Waals surface area contributed by atoms with Gasteiger partial charge in [0.1, 0.15) is 11.9 Å². The number of carboxylic acids is 1. The molecule has 0 aromatic heterocycles. The van der Waals surface area contributed by atoms with Crippen LogP contribution in [0.3, 0.4) is 0 Å². The van der Waals surface area contributed by atoms with Crippen molar-refractivity contribution in [1.29, 1.82) is 0 Å². The van der Waals surface area contributed by atoms with E-state index in [9.17, 15) is 14.3 Å². The number of carbonyl (C=O) groups is 1. The zero-order valence-corrected chi connectivity index (χ0v) is 11.9. The van der Waals surface area contributed by atoms with Gasteiger partial charge in [0.25, 0.3) is 0 Å². The van der Waals surface area contributed by atoms with Crippen molar-refractivity contribution in [2.75, 3.05) is 19.7 Å². The summed E-state index contributed by atoms with van der Waals surface area (Å²) in [6.07, 6.45) is 0.252. The number of morpholine rings is 1. The molecule has 1 aromatic carbocycles. The summed E-state index contributed by atoms with van der Waals surface area (Å²) in [5, 5.41) is 9.26.